The molecule has 0 saturated carbocycles. The number of fused-ring (bicyclic) bond motifs is 1. The van der Waals surface area contributed by atoms with Crippen LogP contribution >= 0.6 is 27.3 Å². The topological polar surface area (TPSA) is 131 Å². The summed E-state index contributed by atoms with van der Waals surface area (Å²) in [6.07, 6.45) is 1.63. The maximum absolute atomic E-state index is 14.2. The second-order valence-electron chi connectivity index (χ2n) is 10.8. The van der Waals surface area contributed by atoms with E-state index in [9.17, 15) is 19.7 Å². The van der Waals surface area contributed by atoms with Crippen molar-refractivity contribution in [3.63, 3.8) is 0 Å². The van der Waals surface area contributed by atoms with Gasteiger partial charge in [0.2, 0.25) is 0 Å². The van der Waals surface area contributed by atoms with Crippen LogP contribution in [-0.2, 0) is 16.1 Å². The van der Waals surface area contributed by atoms with Crippen LogP contribution in [0.4, 0.5) is 5.69 Å². The van der Waals surface area contributed by atoms with Crippen LogP contribution in [0.2, 0.25) is 0 Å². The van der Waals surface area contributed by atoms with Crippen molar-refractivity contribution in [3.05, 3.63) is 123 Å². The molecule has 13 heteroatoms. The monoisotopic (exact) mass is 721 g/mol. The number of methoxy groups -OCH3 is 1. The number of nitro benzene ring substituents is 1. The van der Waals surface area contributed by atoms with Gasteiger partial charge in [-0.05, 0) is 87.4 Å². The minimum absolute atomic E-state index is 0.00797. The van der Waals surface area contributed by atoms with Crippen molar-refractivity contribution in [1.29, 1.82) is 0 Å². The Kier molecular flexibility index (Phi) is 10.3. The third-order valence-electron chi connectivity index (χ3n) is 7.18. The van der Waals surface area contributed by atoms with E-state index in [4.69, 9.17) is 18.9 Å². The minimum Gasteiger partial charge on any atom is -0.493 e. The van der Waals surface area contributed by atoms with Crippen LogP contribution in [0.5, 0.6) is 17.2 Å². The number of rotatable bonds is 11. The van der Waals surface area contributed by atoms with Crippen molar-refractivity contribution in [3.8, 4) is 17.2 Å². The molecular weight excluding hydrogens is 690 g/mol. The Bertz CT molecular complexity index is 2050. The molecule has 4 aromatic rings. The molecular formula is C34H32BrN3O8S. The number of carbonyl (C=O) groups is 1. The fraction of sp³-hybridized carbons (Fsp3) is 0.265. The summed E-state index contributed by atoms with van der Waals surface area (Å²) in [4.78, 5) is 43.2. The number of nitro groups is 1. The van der Waals surface area contributed by atoms with Gasteiger partial charge < -0.3 is 18.9 Å². The van der Waals surface area contributed by atoms with E-state index in [-0.39, 0.29) is 36.1 Å². The quantitative estimate of drug-likeness (QED) is 0.107. The van der Waals surface area contributed by atoms with E-state index in [1.165, 1.54) is 35.1 Å². The summed E-state index contributed by atoms with van der Waals surface area (Å²) in [5.74, 6) is 0.930. The Morgan fingerprint density at radius 3 is 2.49 bits per heavy atom. The van der Waals surface area contributed by atoms with Crippen LogP contribution in [0.25, 0.3) is 6.08 Å². The van der Waals surface area contributed by atoms with Crippen molar-refractivity contribution in [1.82, 2.24) is 4.57 Å². The van der Waals surface area contributed by atoms with Gasteiger partial charge in [-0.3, -0.25) is 19.5 Å². The Labute approximate surface area is 282 Å². The first-order chi connectivity index (χ1) is 22.5. The highest BCUT2D eigenvalue weighted by Crippen LogP contribution is 2.36. The zero-order chi connectivity index (χ0) is 33.8. The molecule has 1 atom stereocenters. The highest BCUT2D eigenvalue weighted by Gasteiger charge is 2.34. The first-order valence-electron chi connectivity index (χ1n) is 14.7. The first-order valence-corrected chi connectivity index (χ1v) is 16.3. The van der Waals surface area contributed by atoms with E-state index < -0.39 is 16.9 Å². The zero-order valence-electron chi connectivity index (χ0n) is 26.3. The SMILES string of the molecule is CCOC(=O)C1=C(C)N=c2s/c(=C\c3cc(Br)ccc3OCc3ccc([N+](=O)[O-])cc3)c(=O)n2[C@@H]1c1ccc(OC(C)C)c(OC)c1. The van der Waals surface area contributed by atoms with E-state index in [0.717, 1.165) is 10.0 Å². The number of hydrogen-bond donors (Lipinski definition) is 0. The largest absolute Gasteiger partial charge is 0.493 e. The average Bonchev–Trinajstić information content (AvgIpc) is 3.33. The van der Waals surface area contributed by atoms with Gasteiger partial charge in [0.05, 0.1) is 46.6 Å². The van der Waals surface area contributed by atoms with Crippen molar-refractivity contribution in [2.45, 2.75) is 46.4 Å². The maximum atomic E-state index is 14.2. The van der Waals surface area contributed by atoms with E-state index in [1.54, 1.807) is 56.3 Å². The van der Waals surface area contributed by atoms with E-state index in [1.807, 2.05) is 26.0 Å². The van der Waals surface area contributed by atoms with Crippen molar-refractivity contribution in [2.75, 3.05) is 13.7 Å². The van der Waals surface area contributed by atoms with Gasteiger partial charge in [-0.2, -0.15) is 0 Å². The molecule has 0 saturated heterocycles. The zero-order valence-corrected chi connectivity index (χ0v) is 28.7. The van der Waals surface area contributed by atoms with Crippen LogP contribution in [0, 0.1) is 10.1 Å². The van der Waals surface area contributed by atoms with Crippen LogP contribution in [0.3, 0.4) is 0 Å². The molecule has 2 heterocycles. The van der Waals surface area contributed by atoms with Crippen LogP contribution in [0.15, 0.2) is 86.2 Å². The fourth-order valence-corrected chi connectivity index (χ4v) is 6.51. The molecule has 1 aliphatic heterocycles. The number of esters is 1. The number of carbonyl (C=O) groups excluding carboxylic acids is 1. The van der Waals surface area contributed by atoms with E-state index in [0.29, 0.717) is 43.4 Å². The number of benzene rings is 3. The lowest BCUT2D eigenvalue weighted by Gasteiger charge is -2.25. The second kappa shape index (κ2) is 14.3. The van der Waals surface area contributed by atoms with Crippen molar-refractivity contribution in [2.24, 2.45) is 4.99 Å². The molecule has 1 aliphatic rings. The number of ether oxygens (including phenoxy) is 4. The van der Waals surface area contributed by atoms with Gasteiger partial charge in [0.1, 0.15) is 12.4 Å². The minimum atomic E-state index is -0.838. The number of non-ortho nitro benzene ring substituents is 1. The fourth-order valence-electron chi connectivity index (χ4n) is 5.09. The molecule has 244 valence electrons. The molecule has 0 unspecified atom stereocenters. The first kappa shape index (κ1) is 33.6. The standard InChI is InChI=1S/C34H32BrN3O8S/c1-6-44-33(40)30-20(4)36-34-37(31(30)22-9-13-27(46-19(2)3)28(16-22)43-5)32(39)29(47-34)17-23-15-24(35)10-14-26(23)45-18-21-7-11-25(12-8-21)38(41)42/h7-17,19,31H,6,18H2,1-5H3/b29-17-/t31-/m1/s1. The molecule has 0 N–H and O–H groups in total. The van der Waals surface area contributed by atoms with Gasteiger partial charge >= 0.3 is 5.97 Å². The molecule has 0 aliphatic carbocycles. The third-order valence-corrected chi connectivity index (χ3v) is 8.66. The number of thiazole rings is 1. The average molecular weight is 723 g/mol. The predicted octanol–water partition coefficient (Wildman–Crippen LogP) is 5.84. The lowest BCUT2D eigenvalue weighted by atomic mass is 9.95. The van der Waals surface area contributed by atoms with Gasteiger partial charge in [0, 0.05) is 22.2 Å². The summed E-state index contributed by atoms with van der Waals surface area (Å²) in [5.41, 5.74) is 2.32. The summed E-state index contributed by atoms with van der Waals surface area (Å²) in [7, 11) is 1.53. The Hall–Kier alpha value is -4.75. The molecule has 0 radical (unpaired) electrons. The van der Waals surface area contributed by atoms with Gasteiger partial charge in [-0.1, -0.05) is 33.3 Å². The lowest BCUT2D eigenvalue weighted by molar-refractivity contribution is -0.384. The Balaban J connectivity index is 1.60. The molecule has 0 fully saturated rings. The maximum Gasteiger partial charge on any atom is 0.338 e. The molecule has 5 rings (SSSR count). The van der Waals surface area contributed by atoms with Crippen molar-refractivity contribution >= 4 is 45.0 Å². The lowest BCUT2D eigenvalue weighted by Crippen LogP contribution is -2.40. The number of hydrogen-bond acceptors (Lipinski definition) is 10. The van der Waals surface area contributed by atoms with E-state index >= 15 is 0 Å². The van der Waals surface area contributed by atoms with Gasteiger partial charge in [0.15, 0.2) is 16.3 Å². The van der Waals surface area contributed by atoms with Crippen LogP contribution in [0.1, 0.15) is 50.4 Å². The Morgan fingerprint density at radius 2 is 1.83 bits per heavy atom. The second-order valence-corrected chi connectivity index (χ2v) is 12.7. The number of aromatic nitrogens is 1. The van der Waals surface area contributed by atoms with Gasteiger partial charge in [0.25, 0.3) is 11.2 Å². The number of halogens is 1. The molecule has 0 spiro atoms. The summed E-state index contributed by atoms with van der Waals surface area (Å²) in [5, 5.41) is 11.0. The smallest absolute Gasteiger partial charge is 0.338 e. The Morgan fingerprint density at radius 1 is 1.11 bits per heavy atom. The predicted molar refractivity (Wildman–Crippen MR) is 181 cm³/mol. The van der Waals surface area contributed by atoms with Gasteiger partial charge in [-0.15, -0.1) is 0 Å². The highest BCUT2D eigenvalue weighted by atomic mass is 79.9. The summed E-state index contributed by atoms with van der Waals surface area (Å²) >= 11 is 4.70. The summed E-state index contributed by atoms with van der Waals surface area (Å²) in [6.45, 7) is 7.58. The van der Waals surface area contributed by atoms with E-state index in [2.05, 4.69) is 20.9 Å². The molecule has 11 nitrogen and oxygen atoms in total. The van der Waals surface area contributed by atoms with Gasteiger partial charge in [-0.25, -0.2) is 9.79 Å². The van der Waals surface area contributed by atoms with Crippen molar-refractivity contribution < 1.29 is 28.7 Å². The highest BCUT2D eigenvalue weighted by molar-refractivity contribution is 9.10. The number of allylic oxidation sites excluding steroid dienone is 1. The molecule has 1 aromatic heterocycles. The molecule has 47 heavy (non-hydrogen) atoms. The number of nitrogens with zero attached hydrogens (tertiary/aromatic N) is 3. The molecule has 3 aromatic carbocycles. The normalized spacial score (nSPS) is 14.4. The third kappa shape index (κ3) is 7.31. The molecule has 0 bridgehead atoms. The summed E-state index contributed by atoms with van der Waals surface area (Å²) < 4.78 is 25.7. The molecule has 0 amide bonds. The summed E-state index contributed by atoms with van der Waals surface area (Å²) in [6, 6.07) is 16.0. The van der Waals surface area contributed by atoms with Crippen LogP contribution in [-0.4, -0.2) is 35.3 Å². The van der Waals surface area contributed by atoms with Crippen LogP contribution < -0.4 is 29.1 Å².